The Morgan fingerprint density at radius 3 is 2.40 bits per heavy atom. The van der Waals surface area contributed by atoms with Crippen LogP contribution in [0.2, 0.25) is 0 Å². The highest BCUT2D eigenvalue weighted by Crippen LogP contribution is 2.36. The first kappa shape index (κ1) is 24.6. The Labute approximate surface area is 187 Å². The van der Waals surface area contributed by atoms with Gasteiger partial charge in [-0.25, -0.2) is 8.42 Å². The summed E-state index contributed by atoms with van der Waals surface area (Å²) in [6.07, 6.45) is 0. The Kier molecular flexibility index (Phi) is 7.89. The minimum Gasteiger partial charge on any atom is -0.339 e. The summed E-state index contributed by atoms with van der Waals surface area (Å²) < 4.78 is 25.7. The van der Waals surface area contributed by atoms with Crippen molar-refractivity contribution in [2.75, 3.05) is 37.7 Å². The molecular formula is C19H28N4O4S3. The van der Waals surface area contributed by atoms with Crippen molar-refractivity contribution < 1.29 is 18.0 Å². The Hall–Kier alpha value is -1.69. The van der Waals surface area contributed by atoms with Crippen molar-refractivity contribution in [3.63, 3.8) is 0 Å². The molecule has 166 valence electrons. The van der Waals surface area contributed by atoms with Crippen LogP contribution in [-0.4, -0.2) is 78.1 Å². The standard InChI is InChI=1S/C19H28N4O4S3/c1-6-30(26,27)21-14-9-7-13(8-10-14)16(24)20-15-17(25)23(12-11-22(4)5)18(28)29-19(15,2)3/h7-10,15,21H,6,11-12H2,1-5H3,(H,20,24). The third kappa shape index (κ3) is 6.16. The van der Waals surface area contributed by atoms with E-state index in [1.807, 2.05) is 32.8 Å². The summed E-state index contributed by atoms with van der Waals surface area (Å²) in [4.78, 5) is 29.4. The predicted octanol–water partition coefficient (Wildman–Crippen LogP) is 1.75. The molecule has 1 fully saturated rings. The number of nitrogens with one attached hydrogen (secondary N) is 2. The summed E-state index contributed by atoms with van der Waals surface area (Å²) in [5.41, 5.74) is 0.703. The molecule has 30 heavy (non-hydrogen) atoms. The van der Waals surface area contributed by atoms with Crippen molar-refractivity contribution in [2.45, 2.75) is 31.6 Å². The first-order valence-electron chi connectivity index (χ1n) is 9.47. The number of sulfonamides is 1. The number of benzene rings is 1. The van der Waals surface area contributed by atoms with Crippen molar-refractivity contribution >= 4 is 55.8 Å². The average Bonchev–Trinajstić information content (AvgIpc) is 2.64. The number of likely N-dealkylation sites (N-methyl/N-ethyl adjacent to an activating group) is 1. The third-order valence-corrected chi connectivity index (χ3v) is 7.56. The molecule has 1 saturated heterocycles. The fourth-order valence-corrected chi connectivity index (χ4v) is 5.26. The summed E-state index contributed by atoms with van der Waals surface area (Å²) in [7, 11) is 0.436. The van der Waals surface area contributed by atoms with E-state index in [4.69, 9.17) is 12.2 Å². The Morgan fingerprint density at radius 2 is 1.87 bits per heavy atom. The average molecular weight is 473 g/mol. The first-order valence-corrected chi connectivity index (χ1v) is 12.3. The van der Waals surface area contributed by atoms with Crippen molar-refractivity contribution in [3.05, 3.63) is 29.8 Å². The maximum atomic E-state index is 13.1. The van der Waals surface area contributed by atoms with Gasteiger partial charge in [-0.05, 0) is 59.1 Å². The molecule has 1 aromatic carbocycles. The number of hydrogen-bond donors (Lipinski definition) is 2. The zero-order valence-electron chi connectivity index (χ0n) is 17.8. The highest BCUT2D eigenvalue weighted by molar-refractivity contribution is 8.24. The number of carbonyl (C=O) groups excluding carboxylic acids is 2. The fraction of sp³-hybridized carbons (Fsp3) is 0.526. The molecule has 2 N–H and O–H groups in total. The molecule has 1 aromatic rings. The van der Waals surface area contributed by atoms with Crippen LogP contribution in [0.3, 0.4) is 0 Å². The van der Waals surface area contributed by atoms with Gasteiger partial charge in [-0.2, -0.15) is 0 Å². The molecule has 2 rings (SSSR count). The van der Waals surface area contributed by atoms with Gasteiger partial charge in [0, 0.05) is 29.1 Å². The topological polar surface area (TPSA) is 98.8 Å². The van der Waals surface area contributed by atoms with E-state index in [2.05, 4.69) is 10.0 Å². The lowest BCUT2D eigenvalue weighted by Crippen LogP contribution is -2.62. The van der Waals surface area contributed by atoms with Crippen LogP contribution in [0.15, 0.2) is 24.3 Å². The molecule has 8 nitrogen and oxygen atoms in total. The van der Waals surface area contributed by atoms with E-state index >= 15 is 0 Å². The molecule has 1 aliphatic rings. The second-order valence-corrected chi connectivity index (χ2v) is 12.1. The summed E-state index contributed by atoms with van der Waals surface area (Å²) in [5.74, 6) is -0.684. The van der Waals surface area contributed by atoms with Crippen molar-refractivity contribution in [1.82, 2.24) is 15.1 Å². The number of rotatable bonds is 8. The van der Waals surface area contributed by atoms with Gasteiger partial charge in [-0.1, -0.05) is 24.0 Å². The number of thiocarbonyl (C=S) groups is 1. The predicted molar refractivity (Wildman–Crippen MR) is 125 cm³/mol. The zero-order chi connectivity index (χ0) is 22.7. The molecule has 0 saturated carbocycles. The largest absolute Gasteiger partial charge is 0.339 e. The molecule has 0 bridgehead atoms. The van der Waals surface area contributed by atoms with E-state index in [0.29, 0.717) is 28.7 Å². The molecule has 2 amide bonds. The van der Waals surface area contributed by atoms with Crippen LogP contribution in [0.5, 0.6) is 0 Å². The van der Waals surface area contributed by atoms with Crippen molar-refractivity contribution in [1.29, 1.82) is 0 Å². The number of carbonyl (C=O) groups is 2. The van der Waals surface area contributed by atoms with Gasteiger partial charge in [-0.15, -0.1) is 0 Å². The van der Waals surface area contributed by atoms with Gasteiger partial charge in [-0.3, -0.25) is 19.2 Å². The van der Waals surface area contributed by atoms with Gasteiger partial charge in [0.25, 0.3) is 11.8 Å². The van der Waals surface area contributed by atoms with Crippen LogP contribution in [0.4, 0.5) is 5.69 Å². The maximum Gasteiger partial charge on any atom is 0.252 e. The number of nitrogens with zero attached hydrogens (tertiary/aromatic N) is 2. The molecular weight excluding hydrogens is 444 g/mol. The van der Waals surface area contributed by atoms with E-state index in [-0.39, 0.29) is 11.7 Å². The van der Waals surface area contributed by atoms with Gasteiger partial charge in [0.1, 0.15) is 10.4 Å². The third-order valence-electron chi connectivity index (χ3n) is 4.63. The summed E-state index contributed by atoms with van der Waals surface area (Å²) in [6, 6.07) is 5.32. The van der Waals surface area contributed by atoms with Gasteiger partial charge < -0.3 is 10.2 Å². The van der Waals surface area contributed by atoms with Crippen molar-refractivity contribution in [3.8, 4) is 0 Å². The Bertz CT molecular complexity index is 914. The first-order chi connectivity index (χ1) is 13.9. The van der Waals surface area contributed by atoms with E-state index in [1.54, 1.807) is 11.8 Å². The molecule has 11 heteroatoms. The zero-order valence-corrected chi connectivity index (χ0v) is 20.2. The van der Waals surface area contributed by atoms with Crippen LogP contribution in [-0.2, 0) is 14.8 Å². The molecule has 1 heterocycles. The molecule has 1 aliphatic heterocycles. The normalized spacial score (nSPS) is 19.1. The SMILES string of the molecule is CCS(=O)(=O)Nc1ccc(C(=O)NC2C(=O)N(CCN(C)C)C(=S)SC2(C)C)cc1. The van der Waals surface area contributed by atoms with Gasteiger partial charge in [0.05, 0.1) is 5.75 Å². The summed E-state index contributed by atoms with van der Waals surface area (Å²) >= 11 is 6.80. The second-order valence-electron chi connectivity index (χ2n) is 7.75. The van der Waals surface area contributed by atoms with Gasteiger partial charge in [0.2, 0.25) is 10.0 Å². The highest BCUT2D eigenvalue weighted by atomic mass is 32.2. The molecule has 1 unspecified atom stereocenters. The molecule has 0 spiro atoms. The second kappa shape index (κ2) is 9.63. The van der Waals surface area contributed by atoms with Crippen LogP contribution >= 0.6 is 24.0 Å². The van der Waals surface area contributed by atoms with E-state index in [1.165, 1.54) is 36.0 Å². The van der Waals surface area contributed by atoms with Crippen LogP contribution in [0, 0.1) is 0 Å². The minimum atomic E-state index is -3.39. The number of hydrogen-bond acceptors (Lipinski definition) is 7. The number of thioether (sulfide) groups is 1. The van der Waals surface area contributed by atoms with E-state index in [9.17, 15) is 18.0 Å². The van der Waals surface area contributed by atoms with Crippen LogP contribution in [0.25, 0.3) is 0 Å². The molecule has 0 radical (unpaired) electrons. The lowest BCUT2D eigenvalue weighted by molar-refractivity contribution is -0.130. The quantitative estimate of drug-likeness (QED) is 0.556. The van der Waals surface area contributed by atoms with E-state index < -0.39 is 26.7 Å². The van der Waals surface area contributed by atoms with Crippen LogP contribution in [0.1, 0.15) is 31.1 Å². The molecule has 0 aliphatic carbocycles. The lowest BCUT2D eigenvalue weighted by Gasteiger charge is -2.42. The number of amides is 2. The lowest BCUT2D eigenvalue weighted by atomic mass is 10.0. The smallest absolute Gasteiger partial charge is 0.252 e. The van der Waals surface area contributed by atoms with Crippen LogP contribution < -0.4 is 10.0 Å². The molecule has 0 aromatic heterocycles. The minimum absolute atomic E-state index is 0.0437. The highest BCUT2D eigenvalue weighted by Gasteiger charge is 2.46. The van der Waals surface area contributed by atoms with E-state index in [0.717, 1.165) is 0 Å². The van der Waals surface area contributed by atoms with Crippen molar-refractivity contribution in [2.24, 2.45) is 0 Å². The monoisotopic (exact) mass is 472 g/mol. The summed E-state index contributed by atoms with van der Waals surface area (Å²) in [5, 5.41) is 2.83. The Balaban J connectivity index is 2.15. The maximum absolute atomic E-state index is 13.1. The summed E-state index contributed by atoms with van der Waals surface area (Å²) in [6.45, 7) is 6.39. The van der Waals surface area contributed by atoms with Gasteiger partial charge in [0.15, 0.2) is 0 Å². The molecule has 1 atom stereocenters. The Morgan fingerprint density at radius 1 is 1.27 bits per heavy atom. The fourth-order valence-electron chi connectivity index (χ4n) is 2.78. The number of anilines is 1. The van der Waals surface area contributed by atoms with Gasteiger partial charge >= 0.3 is 0 Å².